The number of aliphatic carboxylic acids is 1. The molecule has 7 aromatic rings. The summed E-state index contributed by atoms with van der Waals surface area (Å²) in [6, 6.07) is 24.5. The highest BCUT2D eigenvalue weighted by Gasteiger charge is 2.45. The van der Waals surface area contributed by atoms with Gasteiger partial charge < -0.3 is 45.2 Å². The number of aliphatic hydroxyl groups is 2. The predicted octanol–water partition coefficient (Wildman–Crippen LogP) is 8.10. The molecule has 4 fully saturated rings. The number of thiazole rings is 2. The summed E-state index contributed by atoms with van der Waals surface area (Å²) in [5, 5.41) is 42.8. The Morgan fingerprint density at radius 1 is 0.630 bits per heavy atom. The Bertz CT molecular complexity index is 4160. The number of aryl methyl sites for hydroxylation is 1. The summed E-state index contributed by atoms with van der Waals surface area (Å²) in [6.07, 6.45) is -0.273. The zero-order chi connectivity index (χ0) is 64.6. The number of piperazine rings is 2. The highest BCUT2D eigenvalue weighted by atomic mass is 35.5. The Balaban J connectivity index is 0.000000178. The predicted molar refractivity (Wildman–Crippen MR) is 343 cm³/mol. The minimum atomic E-state index is -1.98. The fraction of sp³-hybridized carbons (Fsp3) is 0.297. The Hall–Kier alpha value is -8.73. The first-order valence-corrected chi connectivity index (χ1v) is 31.7. The van der Waals surface area contributed by atoms with Crippen LogP contribution in [0.4, 0.5) is 29.7 Å². The lowest BCUT2D eigenvalue weighted by atomic mass is 9.95. The third-order valence-corrected chi connectivity index (χ3v) is 19.1. The maximum absolute atomic E-state index is 14.0. The summed E-state index contributed by atoms with van der Waals surface area (Å²) in [6.45, 7) is 6.82. The smallest absolute Gasteiger partial charge is 0.338 e. The highest BCUT2D eigenvalue weighted by Crippen LogP contribution is 2.40. The number of hydrogen-bond donors (Lipinski definition) is 5. The van der Waals surface area contributed by atoms with Crippen LogP contribution in [-0.4, -0.2) is 184 Å². The van der Waals surface area contributed by atoms with Gasteiger partial charge in [-0.15, -0.1) is 22.7 Å². The monoisotopic (exact) mass is 1330 g/mol. The van der Waals surface area contributed by atoms with Crippen LogP contribution < -0.4 is 20.4 Å². The number of carboxylic acid groups (broad SMARTS) is 1. The molecule has 0 bridgehead atoms. The zero-order valence-corrected chi connectivity index (χ0v) is 52.7. The van der Waals surface area contributed by atoms with Crippen molar-refractivity contribution in [1.29, 1.82) is 0 Å². The number of esters is 2. The van der Waals surface area contributed by atoms with Crippen molar-refractivity contribution in [3.05, 3.63) is 197 Å². The first kappa shape index (κ1) is 63.4. The van der Waals surface area contributed by atoms with Crippen molar-refractivity contribution in [2.24, 2.45) is 9.98 Å². The van der Waals surface area contributed by atoms with Gasteiger partial charge in [-0.05, 0) is 71.8 Å². The minimum Gasteiger partial charge on any atom is -0.479 e. The van der Waals surface area contributed by atoms with E-state index < -0.39 is 53.8 Å². The lowest BCUT2D eigenvalue weighted by molar-refractivity contribution is -0.153. The van der Waals surface area contributed by atoms with Gasteiger partial charge in [0.25, 0.3) is 0 Å². The zero-order valence-electron chi connectivity index (χ0n) is 49.6. The Morgan fingerprint density at radius 2 is 1.10 bits per heavy atom. The number of nitrogens with one attached hydrogen (secondary N) is 2. The molecular formula is C64H60Cl2F2N12O10S2. The normalized spacial score (nSPS) is 20.8. The molecule has 4 amide bonds. The number of halogens is 4. The first-order chi connectivity index (χ1) is 44.3. The Morgan fingerprint density at radius 3 is 1.55 bits per heavy atom. The van der Waals surface area contributed by atoms with Gasteiger partial charge in [-0.25, -0.2) is 42.7 Å². The fourth-order valence-electron chi connectivity index (χ4n) is 12.3. The number of methoxy groups -OCH3 is 2. The van der Waals surface area contributed by atoms with Crippen molar-refractivity contribution in [3.8, 4) is 0 Å². The lowest BCUT2D eigenvalue weighted by Crippen LogP contribution is -2.53. The van der Waals surface area contributed by atoms with Crippen LogP contribution in [-0.2, 0) is 23.9 Å². The number of aliphatic imine (C=N–C) groups is 2. The van der Waals surface area contributed by atoms with Gasteiger partial charge in [0.15, 0.2) is 27.8 Å². The molecular weight excluding hydrogens is 1270 g/mol. The van der Waals surface area contributed by atoms with E-state index in [1.54, 1.807) is 45.8 Å². The highest BCUT2D eigenvalue weighted by molar-refractivity contribution is 7.12. The second kappa shape index (κ2) is 26.8. The van der Waals surface area contributed by atoms with E-state index in [2.05, 4.69) is 67.7 Å². The molecule has 8 heterocycles. The van der Waals surface area contributed by atoms with Gasteiger partial charge in [0, 0.05) is 133 Å². The maximum atomic E-state index is 14.0. The number of aromatic nitrogens is 2. The van der Waals surface area contributed by atoms with E-state index in [0.29, 0.717) is 114 Å². The number of amides is 4. The number of amidine groups is 2. The van der Waals surface area contributed by atoms with Crippen molar-refractivity contribution in [2.45, 2.75) is 43.3 Å². The number of ether oxygens (including phenoxy) is 2. The molecule has 0 spiro atoms. The summed E-state index contributed by atoms with van der Waals surface area (Å²) in [5.74, 6) is -2.81. The summed E-state index contributed by atoms with van der Waals surface area (Å²) < 4.78 is 38.4. The lowest BCUT2D eigenvalue weighted by Gasteiger charge is -2.38. The van der Waals surface area contributed by atoms with Crippen molar-refractivity contribution in [1.82, 2.24) is 40.2 Å². The summed E-state index contributed by atoms with van der Waals surface area (Å²) >= 11 is 15.7. The summed E-state index contributed by atoms with van der Waals surface area (Å²) in [5.41, 5.74) is 5.40. The number of carbonyl (C=O) groups excluding carboxylic acids is 4. The van der Waals surface area contributed by atoms with E-state index in [-0.39, 0.29) is 51.9 Å². The van der Waals surface area contributed by atoms with Crippen molar-refractivity contribution >= 4 is 110 Å². The molecule has 6 aliphatic rings. The van der Waals surface area contributed by atoms with Crippen molar-refractivity contribution in [2.75, 3.05) is 89.5 Å². The average molecular weight is 1330 g/mol. The number of anilines is 2. The first-order valence-electron chi connectivity index (χ1n) is 29.2. The second-order valence-electron chi connectivity index (χ2n) is 22.6. The number of nitrogens with zero attached hydrogens (tertiary/aromatic N) is 10. The number of hydrogen-bond acceptors (Lipinski definition) is 19. The molecule has 2 unspecified atom stereocenters. The van der Waals surface area contributed by atoms with Crippen LogP contribution in [0.5, 0.6) is 0 Å². The topological polar surface area (TPSA) is 258 Å². The quantitative estimate of drug-likeness (QED) is 0.0608. The van der Waals surface area contributed by atoms with Crippen LogP contribution >= 0.6 is 45.9 Å². The van der Waals surface area contributed by atoms with E-state index in [0.717, 1.165) is 16.5 Å². The van der Waals surface area contributed by atoms with Gasteiger partial charge in [-0.2, -0.15) is 0 Å². The average Bonchev–Trinajstić information content (AvgIpc) is 1.11. The third kappa shape index (κ3) is 12.9. The Kier molecular flexibility index (Phi) is 18.5. The molecule has 0 radical (unpaired) electrons. The van der Waals surface area contributed by atoms with Gasteiger partial charge in [0.2, 0.25) is 0 Å². The van der Waals surface area contributed by atoms with Gasteiger partial charge in [0.1, 0.15) is 29.8 Å². The number of urea groups is 2. The fourth-order valence-corrected chi connectivity index (χ4v) is 14.1. The molecule has 22 nitrogen and oxygen atoms in total. The maximum Gasteiger partial charge on any atom is 0.338 e. The molecule has 28 heteroatoms. The van der Waals surface area contributed by atoms with Crippen LogP contribution in [0.3, 0.4) is 0 Å². The van der Waals surface area contributed by atoms with E-state index >= 15 is 0 Å². The molecule has 13 rings (SSSR count). The Labute approximate surface area is 543 Å². The molecule has 5 N–H and O–H groups in total. The molecule has 4 saturated heterocycles. The number of aliphatic hydroxyl groups excluding tert-OH is 2. The van der Waals surface area contributed by atoms with Crippen LogP contribution in [0.1, 0.15) is 50.5 Å². The van der Waals surface area contributed by atoms with E-state index in [1.807, 2.05) is 21.2 Å². The SMILES string of the molecule is COC(=O)C1=C(CN2CCN3C(=O)N(c4ccc(C(O)C(O)C(=O)O)cc4)C[C@@H]3C2)NC(c2nccs2)=N[C@H]1c1ccc(F)cc1Cl.COC(=O)C1=C(CN2CCN3C(=O)N(c4ccc5cc(C)ccc5c4)C[C@@H]3C2)NC(c2nccs2)=N[C@H]1c1ccc(F)cc1Cl. The number of carboxylic acids is 1. The molecule has 0 aliphatic carbocycles. The number of rotatable bonds is 15. The third-order valence-electron chi connectivity index (χ3n) is 16.9. The molecule has 476 valence electrons. The van der Waals surface area contributed by atoms with Gasteiger partial charge in [0.05, 0.1) is 37.4 Å². The summed E-state index contributed by atoms with van der Waals surface area (Å²) in [4.78, 5) is 94.4. The number of carbonyl (C=O) groups is 5. The second-order valence-corrected chi connectivity index (χ2v) is 25.2. The van der Waals surface area contributed by atoms with Crippen molar-refractivity contribution < 1.29 is 57.5 Å². The van der Waals surface area contributed by atoms with E-state index in [4.69, 9.17) is 47.8 Å². The van der Waals surface area contributed by atoms with E-state index in [9.17, 15) is 43.0 Å². The van der Waals surface area contributed by atoms with Crippen LogP contribution in [0, 0.1) is 18.6 Å². The molecule has 6 atom stereocenters. The standard InChI is InChI=1S/C33H30ClFN6O3S.C31H30ClFN6O7S/c1-19-3-4-21-14-23(7-5-20(21)13-19)41-17-24-16-39(10-11-40(24)33(41)43)18-27-28(32(42)44-2)29(25-8-6-22(35)15-26(25)34)38-30(37-27)31-36-9-12-45-31;1-46-30(44)23-22(35-27(28-34-8-11-47-28)36-24(23)20-7-4-17(33)12-21(20)32)15-37-9-10-38-19(13-37)14-39(31(38)45)18-5-2-16(3-6-18)25(40)26(41)29(42)43/h3-9,12-15,24,29H,10-11,16-18H2,1-2H3,(H,37,38);2-8,11-12,19,24-26,40-41H,9-10,13-15H2,1H3,(H,35,36)(H,42,43)/t24-,29-;19-,24-,25?,26?/m00/s1. The van der Waals surface area contributed by atoms with Crippen LogP contribution in [0.2, 0.25) is 10.0 Å². The summed E-state index contributed by atoms with van der Waals surface area (Å²) in [7, 11) is 2.59. The largest absolute Gasteiger partial charge is 0.479 e. The minimum absolute atomic E-state index is 0.000531. The molecule has 92 heavy (non-hydrogen) atoms. The van der Waals surface area contributed by atoms with Gasteiger partial charge >= 0.3 is 30.0 Å². The molecule has 6 aliphatic heterocycles. The van der Waals surface area contributed by atoms with Crippen LogP contribution in [0.15, 0.2) is 153 Å². The molecule has 0 saturated carbocycles. The van der Waals surface area contributed by atoms with Crippen LogP contribution in [0.25, 0.3) is 10.8 Å². The van der Waals surface area contributed by atoms with Gasteiger partial charge in [-0.1, -0.05) is 77.3 Å². The number of fused-ring (bicyclic) bond motifs is 3. The van der Waals surface area contributed by atoms with Gasteiger partial charge in [-0.3, -0.25) is 29.6 Å². The number of benzene rings is 5. The molecule has 2 aromatic heterocycles. The van der Waals surface area contributed by atoms with Crippen molar-refractivity contribution in [3.63, 3.8) is 0 Å². The molecule has 5 aromatic carbocycles. The van der Waals surface area contributed by atoms with E-state index in [1.165, 1.54) is 84.9 Å².